The van der Waals surface area contributed by atoms with Crippen molar-refractivity contribution in [2.24, 2.45) is 0 Å². The first-order valence-corrected chi connectivity index (χ1v) is 6.60. The molecular weight excluding hydrogens is 192 g/mol. The molecule has 0 bridgehead atoms. The van der Waals surface area contributed by atoms with Crippen LogP contribution in [0.4, 0.5) is 4.79 Å². The van der Waals surface area contributed by atoms with E-state index in [9.17, 15) is 4.79 Å². The summed E-state index contributed by atoms with van der Waals surface area (Å²) >= 11 is 0. The Balaban J connectivity index is 2.32. The van der Waals surface area contributed by atoms with E-state index in [4.69, 9.17) is 0 Å². The molecule has 0 atom stereocenters. The summed E-state index contributed by atoms with van der Waals surface area (Å²) < 4.78 is 0. The maximum Gasteiger partial charge on any atom is 0.317 e. The quantitative estimate of drug-likeness (QED) is 0.658. The van der Waals surface area contributed by atoms with Crippen molar-refractivity contribution in [3.63, 3.8) is 0 Å². The molecule has 1 saturated heterocycles. The number of hydrogen-bond acceptors (Lipinski definition) is 3. The van der Waals surface area contributed by atoms with Crippen molar-refractivity contribution in [3.05, 3.63) is 0 Å². The number of urea groups is 1. The minimum atomic E-state index is 0.0839. The highest BCUT2D eigenvalue weighted by Crippen LogP contribution is 2.23. The van der Waals surface area contributed by atoms with Crippen LogP contribution in [0, 0.1) is 0 Å². The van der Waals surface area contributed by atoms with E-state index < -0.39 is 0 Å². The molecule has 0 spiro atoms. The first kappa shape index (κ1) is 10.1. The second-order valence-electron chi connectivity index (χ2n) is 2.47. The number of rotatable bonds is 1. The largest absolute Gasteiger partial charge is 0.338 e. The molecule has 0 aromatic heterocycles. The second-order valence-corrected chi connectivity index (χ2v) is 5.17. The molecule has 0 aliphatic carbocycles. The lowest BCUT2D eigenvalue weighted by atomic mass is 10.5. The molecule has 0 radical (unpaired) electrons. The van der Waals surface area contributed by atoms with E-state index in [0.717, 1.165) is 31.1 Å². The third-order valence-corrected chi connectivity index (χ3v) is 3.95. The molecule has 0 aromatic rings. The van der Waals surface area contributed by atoms with Gasteiger partial charge in [-0.1, -0.05) is 21.6 Å². The number of nitrogens with zero attached hydrogens (tertiary/aromatic N) is 1. The molecule has 0 unspecified atom stereocenters. The monoisotopic (exact) mass is 206 g/mol. The fourth-order valence-electron chi connectivity index (χ4n) is 0.991. The van der Waals surface area contributed by atoms with Gasteiger partial charge in [0.2, 0.25) is 0 Å². The Labute approximate surface area is 81.0 Å². The van der Waals surface area contributed by atoms with E-state index in [1.54, 1.807) is 0 Å². The fourth-order valence-corrected chi connectivity index (χ4v) is 2.97. The topological polar surface area (TPSA) is 32.3 Å². The van der Waals surface area contributed by atoms with Gasteiger partial charge in [0.15, 0.2) is 0 Å². The molecule has 1 heterocycles. The molecule has 1 N–H and O–H groups in total. The van der Waals surface area contributed by atoms with Crippen LogP contribution in [0.1, 0.15) is 6.92 Å². The van der Waals surface area contributed by atoms with Gasteiger partial charge < -0.3 is 10.2 Å². The van der Waals surface area contributed by atoms with E-state index in [-0.39, 0.29) is 6.03 Å². The molecule has 1 rings (SSSR count). The third kappa shape index (κ3) is 3.15. The van der Waals surface area contributed by atoms with E-state index in [2.05, 4.69) is 5.32 Å². The van der Waals surface area contributed by atoms with Gasteiger partial charge in [-0.2, -0.15) is 0 Å². The summed E-state index contributed by atoms with van der Waals surface area (Å²) in [5, 5.41) is 2.81. The molecule has 1 aliphatic rings. The van der Waals surface area contributed by atoms with Gasteiger partial charge in [0.05, 0.1) is 0 Å². The Bertz CT molecular complexity index is 146. The summed E-state index contributed by atoms with van der Waals surface area (Å²) in [7, 11) is 3.70. The zero-order valence-electron chi connectivity index (χ0n) is 7.21. The van der Waals surface area contributed by atoms with Crippen LogP contribution in [-0.2, 0) is 0 Å². The van der Waals surface area contributed by atoms with Gasteiger partial charge in [0, 0.05) is 31.1 Å². The Morgan fingerprint density at radius 3 is 2.50 bits per heavy atom. The molecule has 2 amide bonds. The summed E-state index contributed by atoms with van der Waals surface area (Å²) in [6.07, 6.45) is 0. The zero-order valence-corrected chi connectivity index (χ0v) is 8.84. The van der Waals surface area contributed by atoms with Crippen molar-refractivity contribution < 1.29 is 4.79 Å². The molecule has 1 aliphatic heterocycles. The standard InChI is InChI=1S/C7H14N2OS2/c1-2-8-7(10)9-3-5-11-12-6-4-9/h2-6H2,1H3,(H,8,10). The normalized spacial score (nSPS) is 18.6. The lowest BCUT2D eigenvalue weighted by molar-refractivity contribution is 0.205. The fraction of sp³-hybridized carbons (Fsp3) is 0.857. The summed E-state index contributed by atoms with van der Waals surface area (Å²) in [6.45, 7) is 4.42. The lowest BCUT2D eigenvalue weighted by Gasteiger charge is -2.19. The van der Waals surface area contributed by atoms with Crippen LogP contribution in [0.25, 0.3) is 0 Å². The highest BCUT2D eigenvalue weighted by Gasteiger charge is 2.14. The Kier molecular flexibility index (Phi) is 4.68. The van der Waals surface area contributed by atoms with Gasteiger partial charge in [-0.05, 0) is 6.92 Å². The van der Waals surface area contributed by atoms with Gasteiger partial charge in [0.25, 0.3) is 0 Å². The molecule has 0 saturated carbocycles. The van der Waals surface area contributed by atoms with Crippen LogP contribution in [0.5, 0.6) is 0 Å². The minimum absolute atomic E-state index is 0.0839. The van der Waals surface area contributed by atoms with Gasteiger partial charge in [-0.3, -0.25) is 0 Å². The molecule has 5 heteroatoms. The number of nitrogens with one attached hydrogen (secondary N) is 1. The van der Waals surface area contributed by atoms with Gasteiger partial charge in [-0.25, -0.2) is 4.79 Å². The number of amides is 2. The number of carbonyl (C=O) groups is 1. The van der Waals surface area contributed by atoms with Crippen molar-refractivity contribution in [2.75, 3.05) is 31.1 Å². The summed E-state index contributed by atoms with van der Waals surface area (Å²) in [4.78, 5) is 13.2. The van der Waals surface area contributed by atoms with Crippen molar-refractivity contribution in [2.45, 2.75) is 6.92 Å². The SMILES string of the molecule is CCNC(=O)N1CCSSCC1. The molecule has 12 heavy (non-hydrogen) atoms. The number of carbonyl (C=O) groups excluding carboxylic acids is 1. The smallest absolute Gasteiger partial charge is 0.317 e. The van der Waals surface area contributed by atoms with Crippen LogP contribution in [0.15, 0.2) is 0 Å². The molecule has 70 valence electrons. The van der Waals surface area contributed by atoms with Crippen LogP contribution in [0.3, 0.4) is 0 Å². The van der Waals surface area contributed by atoms with Crippen molar-refractivity contribution in [1.82, 2.24) is 10.2 Å². The predicted octanol–water partition coefficient (Wildman–Crippen LogP) is 1.41. The summed E-state index contributed by atoms with van der Waals surface area (Å²) in [6, 6.07) is 0.0839. The molecule has 1 fully saturated rings. The summed E-state index contributed by atoms with van der Waals surface area (Å²) in [5.41, 5.74) is 0. The minimum Gasteiger partial charge on any atom is -0.338 e. The second kappa shape index (κ2) is 5.59. The molecular formula is C7H14N2OS2. The van der Waals surface area contributed by atoms with Crippen LogP contribution in [0.2, 0.25) is 0 Å². The Morgan fingerprint density at radius 2 is 2.00 bits per heavy atom. The average Bonchev–Trinajstić information content (AvgIpc) is 2.32. The van der Waals surface area contributed by atoms with E-state index >= 15 is 0 Å². The van der Waals surface area contributed by atoms with E-state index in [1.165, 1.54) is 0 Å². The van der Waals surface area contributed by atoms with Gasteiger partial charge in [0.1, 0.15) is 0 Å². The molecule has 3 nitrogen and oxygen atoms in total. The number of hydrogen-bond donors (Lipinski definition) is 1. The molecule has 0 aromatic carbocycles. The van der Waals surface area contributed by atoms with Crippen molar-refractivity contribution in [3.8, 4) is 0 Å². The lowest BCUT2D eigenvalue weighted by Crippen LogP contribution is -2.41. The zero-order chi connectivity index (χ0) is 8.81. The summed E-state index contributed by atoms with van der Waals surface area (Å²) in [5.74, 6) is 2.09. The van der Waals surface area contributed by atoms with E-state index in [0.29, 0.717) is 0 Å². The maximum atomic E-state index is 11.3. The first-order chi connectivity index (χ1) is 5.84. The van der Waals surface area contributed by atoms with Crippen LogP contribution < -0.4 is 5.32 Å². The predicted molar refractivity (Wildman–Crippen MR) is 55.6 cm³/mol. The highest BCUT2D eigenvalue weighted by atomic mass is 33.1. The average molecular weight is 206 g/mol. The van der Waals surface area contributed by atoms with Gasteiger partial charge >= 0.3 is 6.03 Å². The third-order valence-electron chi connectivity index (χ3n) is 1.59. The first-order valence-electron chi connectivity index (χ1n) is 4.11. The van der Waals surface area contributed by atoms with Gasteiger partial charge in [-0.15, -0.1) is 0 Å². The highest BCUT2D eigenvalue weighted by molar-refractivity contribution is 8.76. The van der Waals surface area contributed by atoms with Crippen molar-refractivity contribution >= 4 is 27.6 Å². The van der Waals surface area contributed by atoms with Crippen molar-refractivity contribution in [1.29, 1.82) is 0 Å². The van der Waals surface area contributed by atoms with E-state index in [1.807, 2.05) is 33.4 Å². The maximum absolute atomic E-state index is 11.3. The Morgan fingerprint density at radius 1 is 1.42 bits per heavy atom. The van der Waals surface area contributed by atoms with Crippen LogP contribution in [-0.4, -0.2) is 42.1 Å². The Hall–Kier alpha value is -0.0300. The van der Waals surface area contributed by atoms with Crippen LogP contribution >= 0.6 is 21.6 Å².